The highest BCUT2D eigenvalue weighted by Crippen LogP contribution is 2.37. The van der Waals surface area contributed by atoms with Gasteiger partial charge in [-0.1, -0.05) is 0 Å². The van der Waals surface area contributed by atoms with Gasteiger partial charge in [0.2, 0.25) is 0 Å². The number of aliphatic carboxylic acids is 1. The van der Waals surface area contributed by atoms with Gasteiger partial charge >= 0.3 is 5.97 Å². The number of nitrogens with one attached hydrogen (secondary N) is 2. The van der Waals surface area contributed by atoms with E-state index in [4.69, 9.17) is 26.8 Å². The summed E-state index contributed by atoms with van der Waals surface area (Å²) in [7, 11) is 1.43. The molecule has 1 amide bonds. The summed E-state index contributed by atoms with van der Waals surface area (Å²) in [5.74, 6) is -0.818. The first-order chi connectivity index (χ1) is 10.4. The number of hydrogen-bond acceptors (Lipinski definition) is 5. The Morgan fingerprint density at radius 1 is 1.45 bits per heavy atom. The van der Waals surface area contributed by atoms with Crippen molar-refractivity contribution in [3.05, 3.63) is 27.9 Å². The molecule has 0 atom stereocenters. The lowest BCUT2D eigenvalue weighted by Crippen LogP contribution is -2.21. The Labute approximate surface area is 139 Å². The average molecular weight is 387 g/mol. The minimum Gasteiger partial charge on any atom is -0.493 e. The number of ether oxygens (including phenoxy) is 2. The van der Waals surface area contributed by atoms with Gasteiger partial charge in [0.1, 0.15) is 5.70 Å². The average Bonchev–Trinajstić information content (AvgIpc) is 2.74. The second kappa shape index (κ2) is 6.75. The number of methoxy groups -OCH3 is 1. The maximum absolute atomic E-state index is 11.6. The monoisotopic (exact) mass is 386 g/mol. The Kier molecular flexibility index (Phi) is 4.99. The van der Waals surface area contributed by atoms with Gasteiger partial charge in [-0.3, -0.25) is 10.1 Å². The fourth-order valence-corrected chi connectivity index (χ4v) is 2.52. The van der Waals surface area contributed by atoms with Crippen LogP contribution in [0.1, 0.15) is 5.56 Å². The number of carboxylic acids is 1. The number of rotatable bonds is 5. The van der Waals surface area contributed by atoms with Crippen molar-refractivity contribution in [2.24, 2.45) is 0 Å². The predicted molar refractivity (Wildman–Crippen MR) is 85.7 cm³/mol. The third kappa shape index (κ3) is 3.74. The molecular formula is C13H11BrN2O5S. The van der Waals surface area contributed by atoms with Gasteiger partial charge in [-0.25, -0.2) is 4.79 Å². The van der Waals surface area contributed by atoms with E-state index in [1.54, 1.807) is 18.2 Å². The number of carboxylic acid groups (broad SMARTS) is 1. The zero-order chi connectivity index (χ0) is 16.3. The molecule has 0 bridgehead atoms. The molecular weight excluding hydrogens is 376 g/mol. The summed E-state index contributed by atoms with van der Waals surface area (Å²) in [4.78, 5) is 22.2. The second-order valence-electron chi connectivity index (χ2n) is 4.18. The van der Waals surface area contributed by atoms with E-state index >= 15 is 0 Å². The van der Waals surface area contributed by atoms with E-state index in [1.807, 2.05) is 0 Å². The van der Waals surface area contributed by atoms with Crippen LogP contribution in [0.2, 0.25) is 0 Å². The molecule has 1 aliphatic heterocycles. The van der Waals surface area contributed by atoms with E-state index < -0.39 is 12.6 Å². The van der Waals surface area contributed by atoms with Gasteiger partial charge in [-0.05, 0) is 51.9 Å². The lowest BCUT2D eigenvalue weighted by molar-refractivity contribution is -0.139. The van der Waals surface area contributed by atoms with Crippen molar-refractivity contribution in [2.45, 2.75) is 0 Å². The first kappa shape index (κ1) is 16.2. The standard InChI is InChI=1S/C13H11BrN2O5S/c1-20-9-4-6(3-8-12(19)16-13(22)15-8)2-7(14)11(9)21-5-10(17)18/h2-4H,5H2,1H3,(H,17,18)(H2,15,16,19,22)/b8-3+. The highest BCUT2D eigenvalue weighted by Gasteiger charge is 2.20. The van der Waals surface area contributed by atoms with Crippen LogP contribution in [0.15, 0.2) is 22.3 Å². The van der Waals surface area contributed by atoms with Crippen molar-refractivity contribution in [3.63, 3.8) is 0 Å². The molecule has 0 aromatic heterocycles. The molecule has 1 aliphatic rings. The molecule has 9 heteroatoms. The van der Waals surface area contributed by atoms with Gasteiger partial charge in [0, 0.05) is 0 Å². The Hall–Kier alpha value is -2.13. The zero-order valence-corrected chi connectivity index (χ0v) is 13.7. The van der Waals surface area contributed by atoms with E-state index in [2.05, 4.69) is 26.6 Å². The molecule has 1 aromatic carbocycles. The summed E-state index contributed by atoms with van der Waals surface area (Å²) in [5.41, 5.74) is 0.951. The van der Waals surface area contributed by atoms with Crippen molar-refractivity contribution in [1.82, 2.24) is 10.6 Å². The fourth-order valence-electron chi connectivity index (χ4n) is 1.75. The van der Waals surface area contributed by atoms with E-state index in [9.17, 15) is 9.59 Å². The summed E-state index contributed by atoms with van der Waals surface area (Å²) in [6.45, 7) is -0.492. The number of carbonyl (C=O) groups is 2. The van der Waals surface area contributed by atoms with Crippen LogP contribution in [0.3, 0.4) is 0 Å². The van der Waals surface area contributed by atoms with Gasteiger partial charge < -0.3 is 19.9 Å². The number of carbonyl (C=O) groups excluding carboxylic acids is 1. The first-order valence-corrected chi connectivity index (χ1v) is 7.17. The lowest BCUT2D eigenvalue weighted by atomic mass is 10.1. The molecule has 0 spiro atoms. The number of hydrogen-bond donors (Lipinski definition) is 3. The number of benzene rings is 1. The predicted octanol–water partition coefficient (Wildman–Crippen LogP) is 1.27. The van der Waals surface area contributed by atoms with E-state index in [0.29, 0.717) is 21.5 Å². The third-order valence-corrected chi connectivity index (χ3v) is 3.42. The molecule has 1 fully saturated rings. The lowest BCUT2D eigenvalue weighted by Gasteiger charge is -2.12. The Morgan fingerprint density at radius 3 is 2.73 bits per heavy atom. The van der Waals surface area contributed by atoms with Crippen LogP contribution in [0.25, 0.3) is 6.08 Å². The SMILES string of the molecule is COc1cc(/C=C2/NC(=S)NC2=O)cc(Br)c1OCC(=O)O. The van der Waals surface area contributed by atoms with Crippen LogP contribution in [0, 0.1) is 0 Å². The smallest absolute Gasteiger partial charge is 0.341 e. The van der Waals surface area contributed by atoms with Crippen molar-refractivity contribution in [2.75, 3.05) is 13.7 Å². The Morgan fingerprint density at radius 2 is 2.18 bits per heavy atom. The molecule has 1 aromatic rings. The van der Waals surface area contributed by atoms with Gasteiger partial charge in [0.15, 0.2) is 23.2 Å². The first-order valence-electron chi connectivity index (χ1n) is 5.97. The number of amides is 1. The highest BCUT2D eigenvalue weighted by molar-refractivity contribution is 9.10. The Balaban J connectivity index is 2.33. The minimum atomic E-state index is -1.10. The molecule has 1 heterocycles. The molecule has 0 radical (unpaired) electrons. The van der Waals surface area contributed by atoms with Gasteiger partial charge in [0.25, 0.3) is 5.91 Å². The van der Waals surface area contributed by atoms with Crippen LogP contribution in [-0.2, 0) is 9.59 Å². The van der Waals surface area contributed by atoms with Crippen molar-refractivity contribution in [3.8, 4) is 11.5 Å². The largest absolute Gasteiger partial charge is 0.493 e. The van der Waals surface area contributed by atoms with Gasteiger partial charge in [-0.2, -0.15) is 0 Å². The summed E-state index contributed by atoms with van der Waals surface area (Å²) in [6, 6.07) is 3.29. The molecule has 7 nitrogen and oxygen atoms in total. The van der Waals surface area contributed by atoms with Gasteiger partial charge in [-0.15, -0.1) is 0 Å². The van der Waals surface area contributed by atoms with Crippen molar-refractivity contribution < 1.29 is 24.2 Å². The molecule has 116 valence electrons. The molecule has 0 aliphatic carbocycles. The number of halogens is 1. The van der Waals surface area contributed by atoms with Crippen LogP contribution < -0.4 is 20.1 Å². The van der Waals surface area contributed by atoms with Gasteiger partial charge in [0.05, 0.1) is 11.6 Å². The van der Waals surface area contributed by atoms with Crippen LogP contribution in [0.4, 0.5) is 0 Å². The number of thiocarbonyl (C=S) groups is 1. The molecule has 3 N–H and O–H groups in total. The second-order valence-corrected chi connectivity index (χ2v) is 5.45. The fraction of sp³-hybridized carbons (Fsp3) is 0.154. The molecule has 1 saturated heterocycles. The van der Waals surface area contributed by atoms with E-state index in [-0.39, 0.29) is 16.8 Å². The molecule has 2 rings (SSSR count). The molecule has 0 unspecified atom stereocenters. The quantitative estimate of drug-likeness (QED) is 0.517. The van der Waals surface area contributed by atoms with Crippen LogP contribution in [0.5, 0.6) is 11.5 Å². The van der Waals surface area contributed by atoms with E-state index in [0.717, 1.165) is 0 Å². The zero-order valence-electron chi connectivity index (χ0n) is 11.3. The summed E-state index contributed by atoms with van der Waals surface area (Å²) < 4.78 is 10.9. The Bertz CT molecular complexity index is 689. The third-order valence-electron chi connectivity index (χ3n) is 2.62. The summed E-state index contributed by atoms with van der Waals surface area (Å²) in [5, 5.41) is 14.1. The minimum absolute atomic E-state index is 0.240. The molecule has 0 saturated carbocycles. The van der Waals surface area contributed by atoms with E-state index in [1.165, 1.54) is 7.11 Å². The molecule has 22 heavy (non-hydrogen) atoms. The van der Waals surface area contributed by atoms with Crippen LogP contribution >= 0.6 is 28.1 Å². The van der Waals surface area contributed by atoms with Crippen molar-refractivity contribution >= 4 is 51.2 Å². The van der Waals surface area contributed by atoms with Crippen LogP contribution in [-0.4, -0.2) is 35.8 Å². The maximum atomic E-state index is 11.6. The maximum Gasteiger partial charge on any atom is 0.341 e. The normalized spacial score (nSPS) is 15.5. The topological polar surface area (TPSA) is 96.9 Å². The van der Waals surface area contributed by atoms with Crippen molar-refractivity contribution in [1.29, 1.82) is 0 Å². The summed E-state index contributed by atoms with van der Waals surface area (Å²) in [6.07, 6.45) is 1.59. The summed E-state index contributed by atoms with van der Waals surface area (Å²) >= 11 is 8.14. The highest BCUT2D eigenvalue weighted by atomic mass is 79.9.